The van der Waals surface area contributed by atoms with Crippen LogP contribution in [0.15, 0.2) is 30.3 Å². The SMILES string of the molecule is CC(N)CC(=O)NC(Cc1ccccc1)C(=O)NC1CC1.Cl. The number of carbonyl (C=O) groups is 2. The lowest BCUT2D eigenvalue weighted by Crippen LogP contribution is -2.49. The molecule has 1 saturated carbocycles. The number of amides is 2. The Balaban J connectivity index is 0.00000242. The monoisotopic (exact) mass is 325 g/mol. The van der Waals surface area contributed by atoms with E-state index in [-0.39, 0.29) is 42.7 Å². The second-order valence-electron chi connectivity index (χ2n) is 5.77. The molecule has 0 aromatic heterocycles. The maximum atomic E-state index is 12.3. The van der Waals surface area contributed by atoms with E-state index >= 15 is 0 Å². The van der Waals surface area contributed by atoms with Crippen LogP contribution in [0.4, 0.5) is 0 Å². The molecular weight excluding hydrogens is 302 g/mol. The minimum atomic E-state index is -0.542. The van der Waals surface area contributed by atoms with E-state index in [1.165, 1.54) is 0 Å². The predicted octanol–water partition coefficient (Wildman–Crippen LogP) is 1.15. The largest absolute Gasteiger partial charge is 0.352 e. The van der Waals surface area contributed by atoms with Crippen LogP contribution in [0.2, 0.25) is 0 Å². The summed E-state index contributed by atoms with van der Waals surface area (Å²) >= 11 is 0. The molecule has 0 aliphatic heterocycles. The summed E-state index contributed by atoms with van der Waals surface area (Å²) in [5, 5.41) is 5.75. The molecule has 22 heavy (non-hydrogen) atoms. The molecule has 0 radical (unpaired) electrons. The maximum absolute atomic E-state index is 12.3. The topological polar surface area (TPSA) is 84.2 Å². The summed E-state index contributed by atoms with van der Waals surface area (Å²) < 4.78 is 0. The molecule has 1 aromatic carbocycles. The Morgan fingerprint density at radius 2 is 1.91 bits per heavy atom. The smallest absolute Gasteiger partial charge is 0.243 e. The van der Waals surface area contributed by atoms with Crippen LogP contribution in [0.3, 0.4) is 0 Å². The fourth-order valence-electron chi connectivity index (χ4n) is 2.13. The van der Waals surface area contributed by atoms with Gasteiger partial charge in [-0.05, 0) is 25.3 Å². The van der Waals surface area contributed by atoms with E-state index < -0.39 is 6.04 Å². The lowest BCUT2D eigenvalue weighted by molar-refractivity contribution is -0.129. The van der Waals surface area contributed by atoms with Gasteiger partial charge in [0.2, 0.25) is 11.8 Å². The van der Waals surface area contributed by atoms with E-state index in [9.17, 15) is 9.59 Å². The normalized spacial score (nSPS) is 16.1. The fourth-order valence-corrected chi connectivity index (χ4v) is 2.13. The van der Waals surface area contributed by atoms with E-state index in [0.29, 0.717) is 6.42 Å². The molecule has 0 saturated heterocycles. The van der Waals surface area contributed by atoms with Crippen LogP contribution in [0.25, 0.3) is 0 Å². The highest BCUT2D eigenvalue weighted by Gasteiger charge is 2.28. The molecule has 0 heterocycles. The number of carbonyl (C=O) groups excluding carboxylic acids is 2. The van der Waals surface area contributed by atoms with E-state index in [4.69, 9.17) is 5.73 Å². The van der Waals surface area contributed by atoms with Crippen LogP contribution in [0.1, 0.15) is 31.7 Å². The third-order valence-corrected chi connectivity index (χ3v) is 3.37. The highest BCUT2D eigenvalue weighted by molar-refractivity contribution is 5.88. The third-order valence-electron chi connectivity index (χ3n) is 3.37. The average Bonchev–Trinajstić information content (AvgIpc) is 3.22. The predicted molar refractivity (Wildman–Crippen MR) is 88.8 cm³/mol. The molecule has 6 heteroatoms. The molecule has 1 aromatic rings. The van der Waals surface area contributed by atoms with Gasteiger partial charge in [-0.15, -0.1) is 12.4 Å². The minimum Gasteiger partial charge on any atom is -0.352 e. The van der Waals surface area contributed by atoms with Crippen molar-refractivity contribution in [1.29, 1.82) is 0 Å². The van der Waals surface area contributed by atoms with Crippen LogP contribution < -0.4 is 16.4 Å². The molecule has 2 rings (SSSR count). The molecule has 0 spiro atoms. The van der Waals surface area contributed by atoms with Gasteiger partial charge in [0.1, 0.15) is 6.04 Å². The molecule has 2 unspecified atom stereocenters. The van der Waals surface area contributed by atoms with Crippen LogP contribution >= 0.6 is 12.4 Å². The van der Waals surface area contributed by atoms with Gasteiger partial charge >= 0.3 is 0 Å². The van der Waals surface area contributed by atoms with Crippen molar-refractivity contribution in [2.75, 3.05) is 0 Å². The number of nitrogens with one attached hydrogen (secondary N) is 2. The van der Waals surface area contributed by atoms with Gasteiger partial charge in [-0.25, -0.2) is 0 Å². The van der Waals surface area contributed by atoms with Crippen LogP contribution in [0, 0.1) is 0 Å². The van der Waals surface area contributed by atoms with Crippen molar-refractivity contribution in [1.82, 2.24) is 10.6 Å². The summed E-state index contributed by atoms with van der Waals surface area (Å²) in [7, 11) is 0. The van der Waals surface area contributed by atoms with Crippen LogP contribution in [0.5, 0.6) is 0 Å². The second kappa shape index (κ2) is 8.76. The first-order valence-corrected chi connectivity index (χ1v) is 7.44. The van der Waals surface area contributed by atoms with Gasteiger partial charge in [0.15, 0.2) is 0 Å². The molecule has 1 aliphatic carbocycles. The first-order valence-electron chi connectivity index (χ1n) is 7.44. The van der Waals surface area contributed by atoms with Crippen LogP contribution in [-0.2, 0) is 16.0 Å². The summed E-state index contributed by atoms with van der Waals surface area (Å²) in [6.07, 6.45) is 2.77. The van der Waals surface area contributed by atoms with Gasteiger partial charge in [0.05, 0.1) is 0 Å². The Bertz CT molecular complexity index is 489. The Labute approximate surface area is 137 Å². The molecule has 2 amide bonds. The number of nitrogens with two attached hydrogens (primary N) is 1. The van der Waals surface area contributed by atoms with Gasteiger partial charge in [-0.2, -0.15) is 0 Å². The van der Waals surface area contributed by atoms with Crippen molar-refractivity contribution in [3.8, 4) is 0 Å². The van der Waals surface area contributed by atoms with Gasteiger partial charge in [0.25, 0.3) is 0 Å². The Morgan fingerprint density at radius 1 is 1.27 bits per heavy atom. The van der Waals surface area contributed by atoms with Gasteiger partial charge in [-0.3, -0.25) is 9.59 Å². The van der Waals surface area contributed by atoms with E-state index in [0.717, 1.165) is 18.4 Å². The summed E-state index contributed by atoms with van der Waals surface area (Å²) in [5.41, 5.74) is 6.65. The summed E-state index contributed by atoms with van der Waals surface area (Å²) in [6.45, 7) is 1.77. The molecule has 4 N–H and O–H groups in total. The third kappa shape index (κ3) is 6.45. The zero-order valence-electron chi connectivity index (χ0n) is 12.7. The van der Waals surface area contributed by atoms with E-state index in [1.54, 1.807) is 6.92 Å². The molecule has 2 atom stereocenters. The zero-order chi connectivity index (χ0) is 15.2. The van der Waals surface area contributed by atoms with Crippen LogP contribution in [-0.4, -0.2) is 29.9 Å². The minimum absolute atomic E-state index is 0. The van der Waals surface area contributed by atoms with Crippen molar-refractivity contribution in [3.05, 3.63) is 35.9 Å². The number of hydrogen-bond donors (Lipinski definition) is 3. The zero-order valence-corrected chi connectivity index (χ0v) is 13.6. The second-order valence-corrected chi connectivity index (χ2v) is 5.77. The van der Waals surface area contributed by atoms with Crippen molar-refractivity contribution in [2.24, 2.45) is 5.73 Å². The first-order chi connectivity index (χ1) is 10.0. The lowest BCUT2D eigenvalue weighted by atomic mass is 10.0. The van der Waals surface area contributed by atoms with Crippen molar-refractivity contribution in [3.63, 3.8) is 0 Å². The van der Waals surface area contributed by atoms with Gasteiger partial charge in [0, 0.05) is 24.9 Å². The molecule has 0 bridgehead atoms. The van der Waals surface area contributed by atoms with E-state index in [2.05, 4.69) is 10.6 Å². The summed E-state index contributed by atoms with van der Waals surface area (Å²) in [5.74, 6) is -0.295. The number of rotatable bonds is 7. The molecule has 1 fully saturated rings. The fraction of sp³-hybridized carbons (Fsp3) is 0.500. The highest BCUT2D eigenvalue weighted by atomic mass is 35.5. The standard InChI is InChI=1S/C16H23N3O2.ClH/c1-11(17)9-15(20)19-14(16(21)18-13-7-8-13)10-12-5-3-2-4-6-12;/h2-6,11,13-14H,7-10,17H2,1H3,(H,18,21)(H,19,20);1H. The summed E-state index contributed by atoms with van der Waals surface area (Å²) in [6, 6.07) is 9.21. The quantitative estimate of drug-likeness (QED) is 0.703. The molecule has 122 valence electrons. The number of benzene rings is 1. The first kappa shape index (κ1) is 18.5. The van der Waals surface area contributed by atoms with Gasteiger partial charge < -0.3 is 16.4 Å². The highest BCUT2D eigenvalue weighted by Crippen LogP contribution is 2.19. The maximum Gasteiger partial charge on any atom is 0.243 e. The lowest BCUT2D eigenvalue weighted by Gasteiger charge is -2.19. The van der Waals surface area contributed by atoms with E-state index in [1.807, 2.05) is 30.3 Å². The Morgan fingerprint density at radius 3 is 2.45 bits per heavy atom. The van der Waals surface area contributed by atoms with Crippen molar-refractivity contribution >= 4 is 24.2 Å². The Kier molecular flexibility index (Phi) is 7.35. The average molecular weight is 326 g/mol. The number of hydrogen-bond acceptors (Lipinski definition) is 3. The van der Waals surface area contributed by atoms with Gasteiger partial charge in [-0.1, -0.05) is 30.3 Å². The van der Waals surface area contributed by atoms with Crippen molar-refractivity contribution in [2.45, 2.75) is 50.7 Å². The Hall–Kier alpha value is -1.59. The number of halogens is 1. The van der Waals surface area contributed by atoms with Crippen molar-refractivity contribution < 1.29 is 9.59 Å². The molecular formula is C16H24ClN3O2. The molecule has 1 aliphatic rings. The summed E-state index contributed by atoms with van der Waals surface area (Å²) in [4.78, 5) is 24.2. The molecule has 5 nitrogen and oxygen atoms in total.